The third-order valence-corrected chi connectivity index (χ3v) is 2.60. The van der Waals surface area contributed by atoms with E-state index >= 15 is 0 Å². The first-order valence-electron chi connectivity index (χ1n) is 5.76. The van der Waals surface area contributed by atoms with E-state index in [0.29, 0.717) is 11.8 Å². The Bertz CT molecular complexity index is 535. The molecule has 96 valence electrons. The highest BCUT2D eigenvalue weighted by atomic mass is 16.5. The molecule has 2 aromatic rings. The number of aliphatic hydroxyl groups excluding tert-OH is 1. The van der Waals surface area contributed by atoms with Crippen LogP contribution in [0.2, 0.25) is 0 Å². The zero-order chi connectivity index (χ0) is 13.1. The molecule has 1 N–H and O–H groups in total. The highest BCUT2D eigenvalue weighted by Crippen LogP contribution is 2.23. The summed E-state index contributed by atoms with van der Waals surface area (Å²) in [4.78, 5) is 0. The van der Waals surface area contributed by atoms with Crippen LogP contribution in [0.4, 0.5) is 0 Å². The molecule has 5 heteroatoms. The zero-order valence-electron chi connectivity index (χ0n) is 10.7. The molecule has 1 atom stereocenters. The number of nitrogens with zero attached hydrogens (tertiary/aromatic N) is 2. The van der Waals surface area contributed by atoms with Gasteiger partial charge in [0.15, 0.2) is 6.61 Å². The largest absolute Gasteiger partial charge is 0.484 e. The van der Waals surface area contributed by atoms with Gasteiger partial charge in [0, 0.05) is 6.92 Å². The fourth-order valence-corrected chi connectivity index (χ4v) is 1.63. The molecule has 18 heavy (non-hydrogen) atoms. The second-order valence-electron chi connectivity index (χ2n) is 4.20. The molecule has 0 aliphatic rings. The predicted octanol–water partition coefficient (Wildman–Crippen LogP) is 2.32. The Hall–Kier alpha value is -1.88. The molecule has 5 nitrogen and oxygen atoms in total. The maximum atomic E-state index is 9.48. The Kier molecular flexibility index (Phi) is 3.62. The summed E-state index contributed by atoms with van der Waals surface area (Å²) in [5.41, 5.74) is 1.83. The van der Waals surface area contributed by atoms with Crippen LogP contribution in [0.1, 0.15) is 35.9 Å². The minimum atomic E-state index is -0.476. The van der Waals surface area contributed by atoms with Gasteiger partial charge in [0.1, 0.15) is 5.75 Å². The van der Waals surface area contributed by atoms with Gasteiger partial charge in [-0.1, -0.05) is 6.07 Å². The van der Waals surface area contributed by atoms with Crippen molar-refractivity contribution in [2.75, 3.05) is 0 Å². The van der Waals surface area contributed by atoms with Gasteiger partial charge in [0.25, 0.3) is 5.89 Å². The van der Waals surface area contributed by atoms with E-state index in [0.717, 1.165) is 16.9 Å². The maximum absolute atomic E-state index is 9.48. The van der Waals surface area contributed by atoms with E-state index in [4.69, 9.17) is 9.15 Å². The lowest BCUT2D eigenvalue weighted by molar-refractivity contribution is 0.199. The van der Waals surface area contributed by atoms with Gasteiger partial charge in [-0.3, -0.25) is 0 Å². The third kappa shape index (κ3) is 2.87. The number of hydrogen-bond acceptors (Lipinski definition) is 5. The van der Waals surface area contributed by atoms with Gasteiger partial charge < -0.3 is 14.3 Å². The molecule has 0 saturated carbocycles. The second kappa shape index (κ2) is 5.18. The molecule has 2 rings (SSSR count). The number of aryl methyl sites for hydroxylation is 2. The summed E-state index contributed by atoms with van der Waals surface area (Å²) in [6, 6.07) is 5.58. The average Bonchev–Trinajstić information content (AvgIpc) is 2.73. The summed E-state index contributed by atoms with van der Waals surface area (Å²) >= 11 is 0. The average molecular weight is 248 g/mol. The van der Waals surface area contributed by atoms with Gasteiger partial charge in [0.05, 0.1) is 6.10 Å². The van der Waals surface area contributed by atoms with Crippen LogP contribution in [-0.2, 0) is 6.61 Å². The van der Waals surface area contributed by atoms with Crippen LogP contribution in [0.15, 0.2) is 22.6 Å². The van der Waals surface area contributed by atoms with Crippen molar-refractivity contribution in [3.8, 4) is 5.75 Å². The van der Waals surface area contributed by atoms with Crippen molar-refractivity contribution in [2.24, 2.45) is 0 Å². The molecule has 0 unspecified atom stereocenters. The first-order chi connectivity index (χ1) is 8.56. The Morgan fingerprint density at radius 3 is 2.67 bits per heavy atom. The molecule has 0 amide bonds. The fourth-order valence-electron chi connectivity index (χ4n) is 1.63. The summed E-state index contributed by atoms with van der Waals surface area (Å²) in [6.07, 6.45) is -0.476. The second-order valence-corrected chi connectivity index (χ2v) is 4.20. The summed E-state index contributed by atoms with van der Waals surface area (Å²) in [5.74, 6) is 1.72. The normalized spacial score (nSPS) is 12.4. The smallest absolute Gasteiger partial charge is 0.253 e. The van der Waals surface area contributed by atoms with Crippen LogP contribution in [0.5, 0.6) is 5.75 Å². The van der Waals surface area contributed by atoms with Crippen molar-refractivity contribution >= 4 is 0 Å². The van der Waals surface area contributed by atoms with E-state index in [1.165, 1.54) is 0 Å². The lowest BCUT2D eigenvalue weighted by Gasteiger charge is -2.10. The molecule has 1 aromatic carbocycles. The first-order valence-corrected chi connectivity index (χ1v) is 5.76. The summed E-state index contributed by atoms with van der Waals surface area (Å²) in [5, 5.41) is 17.1. The van der Waals surface area contributed by atoms with Crippen molar-refractivity contribution in [3.63, 3.8) is 0 Å². The molecule has 1 heterocycles. The van der Waals surface area contributed by atoms with E-state index in [1.54, 1.807) is 13.8 Å². The summed E-state index contributed by atoms with van der Waals surface area (Å²) in [6.45, 7) is 5.64. The number of hydrogen-bond donors (Lipinski definition) is 1. The quantitative estimate of drug-likeness (QED) is 0.899. The Balaban J connectivity index is 2.05. The monoisotopic (exact) mass is 248 g/mol. The van der Waals surface area contributed by atoms with Crippen molar-refractivity contribution < 1.29 is 14.3 Å². The van der Waals surface area contributed by atoms with Gasteiger partial charge >= 0.3 is 0 Å². The number of ether oxygens (including phenoxy) is 1. The van der Waals surface area contributed by atoms with Crippen LogP contribution in [0, 0.1) is 13.8 Å². The SMILES string of the molecule is Cc1nnc(COc2ccc([C@H](C)O)cc2C)o1. The molecular weight excluding hydrogens is 232 g/mol. The molecule has 0 fully saturated rings. The molecule has 0 aliphatic carbocycles. The molecule has 0 spiro atoms. The number of benzene rings is 1. The Labute approximate surface area is 105 Å². The van der Waals surface area contributed by atoms with Gasteiger partial charge in [0.2, 0.25) is 5.89 Å². The molecule has 0 bridgehead atoms. The van der Waals surface area contributed by atoms with E-state index in [-0.39, 0.29) is 6.61 Å². The summed E-state index contributed by atoms with van der Waals surface area (Å²) < 4.78 is 10.8. The minimum Gasteiger partial charge on any atom is -0.484 e. The van der Waals surface area contributed by atoms with Crippen LogP contribution in [-0.4, -0.2) is 15.3 Å². The molecule has 0 aliphatic heterocycles. The fraction of sp³-hybridized carbons (Fsp3) is 0.385. The van der Waals surface area contributed by atoms with E-state index in [2.05, 4.69) is 10.2 Å². The summed E-state index contributed by atoms with van der Waals surface area (Å²) in [7, 11) is 0. The third-order valence-electron chi connectivity index (χ3n) is 2.60. The van der Waals surface area contributed by atoms with Crippen LogP contribution in [0.3, 0.4) is 0 Å². The predicted molar refractivity (Wildman–Crippen MR) is 65.2 cm³/mol. The zero-order valence-corrected chi connectivity index (χ0v) is 10.7. The Morgan fingerprint density at radius 1 is 1.33 bits per heavy atom. The van der Waals surface area contributed by atoms with Gasteiger partial charge in [-0.05, 0) is 37.1 Å². The van der Waals surface area contributed by atoms with E-state index < -0.39 is 6.10 Å². The minimum absolute atomic E-state index is 0.246. The molecule has 0 saturated heterocycles. The highest BCUT2D eigenvalue weighted by Gasteiger charge is 2.07. The van der Waals surface area contributed by atoms with Crippen LogP contribution < -0.4 is 4.74 Å². The maximum Gasteiger partial charge on any atom is 0.253 e. The topological polar surface area (TPSA) is 68.4 Å². The first kappa shape index (κ1) is 12.6. The van der Waals surface area contributed by atoms with Crippen molar-refractivity contribution in [2.45, 2.75) is 33.5 Å². The van der Waals surface area contributed by atoms with Crippen LogP contribution in [0.25, 0.3) is 0 Å². The lowest BCUT2D eigenvalue weighted by Crippen LogP contribution is -1.99. The van der Waals surface area contributed by atoms with E-state index in [9.17, 15) is 5.11 Å². The Morgan fingerprint density at radius 2 is 2.11 bits per heavy atom. The van der Waals surface area contributed by atoms with Gasteiger partial charge in [-0.25, -0.2) is 0 Å². The number of aromatic nitrogens is 2. The number of aliphatic hydroxyl groups is 1. The van der Waals surface area contributed by atoms with Crippen molar-refractivity contribution in [1.29, 1.82) is 0 Å². The molecular formula is C13H16N2O3. The molecule has 0 radical (unpaired) electrons. The van der Waals surface area contributed by atoms with Gasteiger partial charge in [-0.2, -0.15) is 0 Å². The standard InChI is InChI=1S/C13H16N2O3/c1-8-6-11(9(2)16)4-5-12(8)17-7-13-15-14-10(3)18-13/h4-6,9,16H,7H2,1-3H3/t9-/m0/s1. The van der Waals surface area contributed by atoms with Crippen molar-refractivity contribution in [3.05, 3.63) is 41.1 Å². The number of rotatable bonds is 4. The van der Waals surface area contributed by atoms with Gasteiger partial charge in [-0.15, -0.1) is 10.2 Å². The van der Waals surface area contributed by atoms with E-state index in [1.807, 2.05) is 25.1 Å². The van der Waals surface area contributed by atoms with Crippen LogP contribution >= 0.6 is 0 Å². The highest BCUT2D eigenvalue weighted by molar-refractivity contribution is 5.36. The molecule has 1 aromatic heterocycles. The lowest BCUT2D eigenvalue weighted by atomic mass is 10.1. The van der Waals surface area contributed by atoms with Crippen molar-refractivity contribution in [1.82, 2.24) is 10.2 Å².